The van der Waals surface area contributed by atoms with E-state index in [1.54, 1.807) is 24.3 Å². The highest BCUT2D eigenvalue weighted by Crippen LogP contribution is 2.27. The Morgan fingerprint density at radius 3 is 3.21 bits per heavy atom. The van der Waals surface area contributed by atoms with Gasteiger partial charge < -0.3 is 15.5 Å². The summed E-state index contributed by atoms with van der Waals surface area (Å²) in [5.74, 6) is 0.594. The summed E-state index contributed by atoms with van der Waals surface area (Å²) in [5.41, 5.74) is 1.23. The average molecular weight is 256 g/mol. The molecule has 0 bridgehead atoms. The first-order chi connectivity index (χ1) is 9.28. The van der Waals surface area contributed by atoms with Crippen molar-refractivity contribution in [1.29, 1.82) is 5.26 Å². The van der Waals surface area contributed by atoms with Crippen molar-refractivity contribution >= 4 is 11.7 Å². The standard InChI is InChI=1S/C14H16N4O/c15-7-10-2-1-3-12(6-10)17-14(19)18-5-4-11-8-16-9-13(11)18/h1-3,6,11,13,16H,4-5,8-9H2,(H,17,19)/t11-,13+/m1/s1. The molecular weight excluding hydrogens is 240 g/mol. The van der Waals surface area contributed by atoms with Crippen molar-refractivity contribution in [3.8, 4) is 6.07 Å². The second-order valence-corrected chi connectivity index (χ2v) is 5.09. The largest absolute Gasteiger partial charge is 0.322 e. The van der Waals surface area contributed by atoms with Crippen LogP contribution in [0, 0.1) is 17.2 Å². The van der Waals surface area contributed by atoms with Crippen molar-refractivity contribution in [1.82, 2.24) is 10.2 Å². The predicted molar refractivity (Wildman–Crippen MR) is 71.6 cm³/mol. The van der Waals surface area contributed by atoms with Gasteiger partial charge in [-0.25, -0.2) is 4.79 Å². The Hall–Kier alpha value is -2.06. The summed E-state index contributed by atoms with van der Waals surface area (Å²) in [6, 6.07) is 9.33. The number of nitrogens with zero attached hydrogens (tertiary/aromatic N) is 2. The van der Waals surface area contributed by atoms with E-state index < -0.39 is 0 Å². The molecule has 2 heterocycles. The first kappa shape index (κ1) is 12.0. The van der Waals surface area contributed by atoms with Gasteiger partial charge in [0.25, 0.3) is 0 Å². The van der Waals surface area contributed by atoms with Crippen LogP contribution in [-0.2, 0) is 0 Å². The number of hydrogen-bond donors (Lipinski definition) is 2. The fraction of sp³-hybridized carbons (Fsp3) is 0.429. The molecule has 1 aromatic rings. The highest BCUT2D eigenvalue weighted by atomic mass is 16.2. The number of carbonyl (C=O) groups is 1. The third-order valence-corrected chi connectivity index (χ3v) is 3.95. The highest BCUT2D eigenvalue weighted by molar-refractivity contribution is 5.90. The van der Waals surface area contributed by atoms with E-state index in [0.717, 1.165) is 26.1 Å². The van der Waals surface area contributed by atoms with Crippen molar-refractivity contribution in [2.45, 2.75) is 12.5 Å². The molecule has 2 atom stereocenters. The molecule has 0 unspecified atom stereocenters. The van der Waals surface area contributed by atoms with Gasteiger partial charge in [0.05, 0.1) is 11.6 Å². The molecule has 98 valence electrons. The number of hydrogen-bond acceptors (Lipinski definition) is 3. The molecule has 0 saturated carbocycles. The Labute approximate surface area is 112 Å². The number of rotatable bonds is 1. The normalized spacial score (nSPS) is 24.9. The summed E-state index contributed by atoms with van der Waals surface area (Å²) in [7, 11) is 0. The Balaban J connectivity index is 1.69. The van der Waals surface area contributed by atoms with Crippen LogP contribution in [0.5, 0.6) is 0 Å². The topological polar surface area (TPSA) is 68.2 Å². The van der Waals surface area contributed by atoms with Gasteiger partial charge in [-0.3, -0.25) is 0 Å². The number of urea groups is 1. The third-order valence-electron chi connectivity index (χ3n) is 3.95. The van der Waals surface area contributed by atoms with Gasteiger partial charge in [0.15, 0.2) is 0 Å². The van der Waals surface area contributed by atoms with Crippen molar-refractivity contribution < 1.29 is 4.79 Å². The molecule has 5 heteroatoms. The zero-order valence-corrected chi connectivity index (χ0v) is 10.6. The molecule has 19 heavy (non-hydrogen) atoms. The number of likely N-dealkylation sites (tertiary alicyclic amines) is 1. The van der Waals surface area contributed by atoms with Crippen molar-refractivity contribution in [2.75, 3.05) is 25.0 Å². The molecule has 2 N–H and O–H groups in total. The fourth-order valence-corrected chi connectivity index (χ4v) is 2.96. The van der Waals surface area contributed by atoms with E-state index in [9.17, 15) is 4.79 Å². The van der Waals surface area contributed by atoms with Gasteiger partial charge in [0.1, 0.15) is 0 Å². The van der Waals surface area contributed by atoms with Gasteiger partial charge in [-0.05, 0) is 30.5 Å². The van der Waals surface area contributed by atoms with E-state index in [1.165, 1.54) is 0 Å². The van der Waals surface area contributed by atoms with Crippen LogP contribution < -0.4 is 10.6 Å². The zero-order valence-electron chi connectivity index (χ0n) is 10.6. The minimum Gasteiger partial charge on any atom is -0.320 e. The van der Waals surface area contributed by atoms with Gasteiger partial charge in [-0.1, -0.05) is 6.07 Å². The number of fused-ring (bicyclic) bond motifs is 1. The number of nitrogens with one attached hydrogen (secondary N) is 2. The molecule has 0 aliphatic carbocycles. The minimum absolute atomic E-state index is 0.0636. The molecule has 2 aliphatic heterocycles. The molecular formula is C14H16N4O. The van der Waals surface area contributed by atoms with Crippen LogP contribution in [0.15, 0.2) is 24.3 Å². The highest BCUT2D eigenvalue weighted by Gasteiger charge is 2.39. The number of carbonyl (C=O) groups excluding carboxylic acids is 1. The number of anilines is 1. The van der Waals surface area contributed by atoms with Crippen LogP contribution in [0.25, 0.3) is 0 Å². The summed E-state index contributed by atoms with van der Waals surface area (Å²) in [6.45, 7) is 2.72. The van der Waals surface area contributed by atoms with Gasteiger partial charge in [0.2, 0.25) is 0 Å². The lowest BCUT2D eigenvalue weighted by molar-refractivity contribution is 0.206. The summed E-state index contributed by atoms with van der Waals surface area (Å²) >= 11 is 0. The maximum atomic E-state index is 12.3. The van der Waals surface area contributed by atoms with E-state index in [4.69, 9.17) is 5.26 Å². The summed E-state index contributed by atoms with van der Waals surface area (Å²) in [6.07, 6.45) is 1.07. The zero-order chi connectivity index (χ0) is 13.2. The van der Waals surface area contributed by atoms with Crippen LogP contribution in [0.2, 0.25) is 0 Å². The summed E-state index contributed by atoms with van der Waals surface area (Å²) in [5, 5.41) is 15.1. The van der Waals surface area contributed by atoms with Crippen LogP contribution in [-0.4, -0.2) is 36.6 Å². The van der Waals surface area contributed by atoms with E-state index >= 15 is 0 Å². The van der Waals surface area contributed by atoms with Gasteiger partial charge >= 0.3 is 6.03 Å². The Bertz CT molecular complexity index is 536. The van der Waals surface area contributed by atoms with E-state index in [1.807, 2.05) is 4.90 Å². The smallest absolute Gasteiger partial charge is 0.320 e. The molecule has 2 fully saturated rings. The summed E-state index contributed by atoms with van der Waals surface area (Å²) < 4.78 is 0. The minimum atomic E-state index is -0.0636. The molecule has 1 aromatic carbocycles. The monoisotopic (exact) mass is 256 g/mol. The lowest BCUT2D eigenvalue weighted by Crippen LogP contribution is -2.41. The molecule has 2 amide bonds. The summed E-state index contributed by atoms with van der Waals surface area (Å²) in [4.78, 5) is 14.2. The maximum absolute atomic E-state index is 12.3. The van der Waals surface area contributed by atoms with Crippen molar-refractivity contribution in [2.24, 2.45) is 5.92 Å². The van der Waals surface area contributed by atoms with Gasteiger partial charge in [-0.15, -0.1) is 0 Å². The Kier molecular flexibility index (Phi) is 3.10. The lowest BCUT2D eigenvalue weighted by atomic mass is 10.1. The van der Waals surface area contributed by atoms with Crippen LogP contribution >= 0.6 is 0 Å². The number of nitriles is 1. The second-order valence-electron chi connectivity index (χ2n) is 5.09. The van der Waals surface area contributed by atoms with Crippen molar-refractivity contribution in [3.05, 3.63) is 29.8 Å². The molecule has 0 radical (unpaired) electrons. The molecule has 3 rings (SSSR count). The first-order valence-corrected chi connectivity index (χ1v) is 6.56. The second kappa shape index (κ2) is 4.90. The Morgan fingerprint density at radius 1 is 1.47 bits per heavy atom. The average Bonchev–Trinajstić information content (AvgIpc) is 3.01. The van der Waals surface area contributed by atoms with Crippen LogP contribution in [0.3, 0.4) is 0 Å². The quantitative estimate of drug-likeness (QED) is 0.797. The van der Waals surface area contributed by atoms with E-state index in [2.05, 4.69) is 16.7 Å². The van der Waals surface area contributed by atoms with E-state index in [0.29, 0.717) is 23.2 Å². The Morgan fingerprint density at radius 2 is 2.37 bits per heavy atom. The SMILES string of the molecule is N#Cc1cccc(NC(=O)N2CC[C@@H]3CNC[C@@H]32)c1. The van der Waals surface area contributed by atoms with Gasteiger partial charge in [-0.2, -0.15) is 5.26 Å². The third kappa shape index (κ3) is 2.27. The van der Waals surface area contributed by atoms with Gasteiger partial charge in [0, 0.05) is 31.4 Å². The first-order valence-electron chi connectivity index (χ1n) is 6.56. The van der Waals surface area contributed by atoms with Crippen LogP contribution in [0.4, 0.5) is 10.5 Å². The molecule has 5 nitrogen and oxygen atoms in total. The number of amides is 2. The van der Waals surface area contributed by atoms with Crippen molar-refractivity contribution in [3.63, 3.8) is 0 Å². The maximum Gasteiger partial charge on any atom is 0.322 e. The molecule has 2 saturated heterocycles. The molecule has 0 spiro atoms. The molecule has 2 aliphatic rings. The van der Waals surface area contributed by atoms with E-state index in [-0.39, 0.29) is 6.03 Å². The lowest BCUT2D eigenvalue weighted by Gasteiger charge is -2.23. The predicted octanol–water partition coefficient (Wildman–Crippen LogP) is 1.38. The molecule has 0 aromatic heterocycles. The fourth-order valence-electron chi connectivity index (χ4n) is 2.96. The number of benzene rings is 1. The van der Waals surface area contributed by atoms with Crippen LogP contribution in [0.1, 0.15) is 12.0 Å².